The summed E-state index contributed by atoms with van der Waals surface area (Å²) < 4.78 is 5.43. The van der Waals surface area contributed by atoms with Crippen molar-refractivity contribution in [3.63, 3.8) is 0 Å². The fourth-order valence-electron chi connectivity index (χ4n) is 2.75. The van der Waals surface area contributed by atoms with E-state index in [2.05, 4.69) is 27.7 Å². The molecule has 2 aromatic heterocycles. The Morgan fingerprint density at radius 2 is 2.09 bits per heavy atom. The van der Waals surface area contributed by atoms with Gasteiger partial charge in [-0.3, -0.25) is 4.79 Å². The molecule has 23 heavy (non-hydrogen) atoms. The lowest BCUT2D eigenvalue weighted by Gasteiger charge is -2.33. The number of amides is 1. The zero-order chi connectivity index (χ0) is 16.1. The third kappa shape index (κ3) is 4.31. The summed E-state index contributed by atoms with van der Waals surface area (Å²) in [5.74, 6) is 0.835. The van der Waals surface area contributed by atoms with Crippen molar-refractivity contribution >= 4 is 23.3 Å². The highest BCUT2D eigenvalue weighted by Gasteiger charge is 2.23. The second-order valence-corrected chi connectivity index (χ2v) is 6.79. The van der Waals surface area contributed by atoms with Crippen molar-refractivity contribution in [3.8, 4) is 0 Å². The summed E-state index contributed by atoms with van der Waals surface area (Å²) in [7, 11) is 0. The van der Waals surface area contributed by atoms with Crippen LogP contribution in [-0.2, 0) is 11.2 Å². The molecular formula is C16H22N4O2S. The Morgan fingerprint density at radius 1 is 1.26 bits per heavy atom. The Balaban J connectivity index is 1.36. The predicted molar refractivity (Wildman–Crippen MR) is 89.7 cm³/mol. The number of carbonyl (C=O) groups excluding carboxylic acids is 1. The van der Waals surface area contributed by atoms with Crippen LogP contribution in [0.2, 0.25) is 0 Å². The molecule has 0 aliphatic carbocycles. The van der Waals surface area contributed by atoms with Crippen LogP contribution in [0.3, 0.4) is 0 Å². The quantitative estimate of drug-likeness (QED) is 0.760. The standard InChI is InChI=1S/C16H22N4O2S/c1-13-17-18-16(22-13)20-10-8-19(9-11-20)15(21)7-3-2-5-14-6-4-12-23-14/h4,6,12H,2-3,5,7-11H2,1H3. The van der Waals surface area contributed by atoms with E-state index in [0.717, 1.165) is 45.4 Å². The van der Waals surface area contributed by atoms with Crippen LogP contribution in [0.15, 0.2) is 21.9 Å². The minimum absolute atomic E-state index is 0.262. The predicted octanol–water partition coefficient (Wildman–Crippen LogP) is 2.50. The molecule has 124 valence electrons. The average molecular weight is 334 g/mol. The number of nitrogens with zero attached hydrogens (tertiary/aromatic N) is 4. The summed E-state index contributed by atoms with van der Waals surface area (Å²) in [6, 6.07) is 4.80. The van der Waals surface area contributed by atoms with Crippen LogP contribution in [0.1, 0.15) is 30.0 Å². The number of unbranched alkanes of at least 4 members (excludes halogenated alkanes) is 1. The molecule has 1 aliphatic heterocycles. The summed E-state index contributed by atoms with van der Waals surface area (Å²) in [6.07, 6.45) is 3.76. The van der Waals surface area contributed by atoms with Crippen LogP contribution >= 0.6 is 11.3 Å². The Kier molecular flexibility index (Phi) is 5.27. The van der Waals surface area contributed by atoms with Gasteiger partial charge in [-0.05, 0) is 30.7 Å². The summed E-state index contributed by atoms with van der Waals surface area (Å²) in [6.45, 7) is 4.74. The monoisotopic (exact) mass is 334 g/mol. The lowest BCUT2D eigenvalue weighted by Crippen LogP contribution is -2.48. The molecule has 3 rings (SSSR count). The molecule has 0 bridgehead atoms. The van der Waals surface area contributed by atoms with Gasteiger partial charge in [0.25, 0.3) is 0 Å². The lowest BCUT2D eigenvalue weighted by atomic mass is 10.1. The smallest absolute Gasteiger partial charge is 0.318 e. The molecule has 0 aromatic carbocycles. The molecule has 3 heterocycles. The number of thiophene rings is 1. The van der Waals surface area contributed by atoms with Crippen LogP contribution < -0.4 is 4.90 Å². The summed E-state index contributed by atoms with van der Waals surface area (Å²) >= 11 is 1.79. The van der Waals surface area contributed by atoms with Crippen molar-refractivity contribution < 1.29 is 9.21 Å². The molecule has 0 saturated carbocycles. The number of aromatic nitrogens is 2. The molecule has 1 saturated heterocycles. The van der Waals surface area contributed by atoms with E-state index < -0.39 is 0 Å². The van der Waals surface area contributed by atoms with Crippen molar-refractivity contribution in [2.24, 2.45) is 0 Å². The molecule has 1 amide bonds. The Hall–Kier alpha value is -1.89. The van der Waals surface area contributed by atoms with E-state index >= 15 is 0 Å². The fraction of sp³-hybridized carbons (Fsp3) is 0.562. The van der Waals surface area contributed by atoms with Crippen molar-refractivity contribution in [3.05, 3.63) is 28.3 Å². The minimum atomic E-state index is 0.262. The number of anilines is 1. The maximum atomic E-state index is 12.3. The average Bonchev–Trinajstić information content (AvgIpc) is 3.23. The number of rotatable bonds is 6. The first-order chi connectivity index (χ1) is 11.2. The summed E-state index contributed by atoms with van der Waals surface area (Å²) in [5, 5.41) is 9.98. The van der Waals surface area contributed by atoms with Gasteiger partial charge in [0.1, 0.15) is 0 Å². The molecule has 0 N–H and O–H groups in total. The maximum absolute atomic E-state index is 12.3. The third-order valence-electron chi connectivity index (χ3n) is 4.06. The molecule has 0 radical (unpaired) electrons. The van der Waals surface area contributed by atoms with E-state index in [9.17, 15) is 4.79 Å². The van der Waals surface area contributed by atoms with Crippen LogP contribution in [0.5, 0.6) is 0 Å². The van der Waals surface area contributed by atoms with Gasteiger partial charge in [-0.15, -0.1) is 16.4 Å². The Bertz CT molecular complexity index is 618. The maximum Gasteiger partial charge on any atom is 0.318 e. The first-order valence-electron chi connectivity index (χ1n) is 8.07. The van der Waals surface area contributed by atoms with Gasteiger partial charge in [-0.1, -0.05) is 11.2 Å². The highest BCUT2D eigenvalue weighted by Crippen LogP contribution is 2.16. The SMILES string of the molecule is Cc1nnc(N2CCN(C(=O)CCCCc3cccs3)CC2)o1. The first kappa shape index (κ1) is 16.0. The molecule has 0 unspecified atom stereocenters. The molecule has 0 atom stereocenters. The highest BCUT2D eigenvalue weighted by molar-refractivity contribution is 7.09. The number of hydrogen-bond donors (Lipinski definition) is 0. The van der Waals surface area contributed by atoms with E-state index in [0.29, 0.717) is 18.3 Å². The largest absolute Gasteiger partial charge is 0.408 e. The van der Waals surface area contributed by atoms with E-state index in [4.69, 9.17) is 4.42 Å². The van der Waals surface area contributed by atoms with Crippen LogP contribution in [0.4, 0.5) is 6.01 Å². The van der Waals surface area contributed by atoms with Gasteiger partial charge >= 0.3 is 6.01 Å². The zero-order valence-electron chi connectivity index (χ0n) is 13.4. The molecule has 7 heteroatoms. The molecular weight excluding hydrogens is 312 g/mol. The van der Waals surface area contributed by atoms with Crippen LogP contribution in [0.25, 0.3) is 0 Å². The number of aryl methyl sites for hydroxylation is 2. The van der Waals surface area contributed by atoms with Crippen molar-refractivity contribution in [2.75, 3.05) is 31.1 Å². The topological polar surface area (TPSA) is 62.5 Å². The lowest BCUT2D eigenvalue weighted by molar-refractivity contribution is -0.131. The van der Waals surface area contributed by atoms with E-state index in [1.54, 1.807) is 18.3 Å². The van der Waals surface area contributed by atoms with Gasteiger partial charge in [0.2, 0.25) is 11.8 Å². The Morgan fingerprint density at radius 3 is 2.74 bits per heavy atom. The number of piperazine rings is 1. The molecule has 2 aromatic rings. The van der Waals surface area contributed by atoms with Crippen molar-refractivity contribution in [1.82, 2.24) is 15.1 Å². The van der Waals surface area contributed by atoms with Gasteiger partial charge in [0, 0.05) is 44.4 Å². The van der Waals surface area contributed by atoms with Gasteiger partial charge in [0.05, 0.1) is 0 Å². The first-order valence-corrected chi connectivity index (χ1v) is 8.95. The fourth-order valence-corrected chi connectivity index (χ4v) is 3.50. The zero-order valence-corrected chi connectivity index (χ0v) is 14.2. The molecule has 1 aliphatic rings. The van der Waals surface area contributed by atoms with Crippen LogP contribution in [-0.4, -0.2) is 47.2 Å². The number of hydrogen-bond acceptors (Lipinski definition) is 6. The number of carbonyl (C=O) groups is 1. The minimum Gasteiger partial charge on any atom is -0.408 e. The third-order valence-corrected chi connectivity index (χ3v) is 5.00. The summed E-state index contributed by atoms with van der Waals surface area (Å²) in [5.41, 5.74) is 0. The highest BCUT2D eigenvalue weighted by atomic mass is 32.1. The molecule has 0 spiro atoms. The van der Waals surface area contributed by atoms with Gasteiger partial charge < -0.3 is 14.2 Å². The van der Waals surface area contributed by atoms with Gasteiger partial charge in [-0.2, -0.15) is 0 Å². The van der Waals surface area contributed by atoms with E-state index in [1.807, 2.05) is 9.80 Å². The van der Waals surface area contributed by atoms with Gasteiger partial charge in [-0.25, -0.2) is 0 Å². The molecule has 1 fully saturated rings. The second-order valence-electron chi connectivity index (χ2n) is 5.76. The van der Waals surface area contributed by atoms with E-state index in [-0.39, 0.29) is 5.91 Å². The van der Waals surface area contributed by atoms with Crippen LogP contribution in [0, 0.1) is 6.92 Å². The Labute approximate surface area is 140 Å². The van der Waals surface area contributed by atoms with Crippen molar-refractivity contribution in [2.45, 2.75) is 32.6 Å². The van der Waals surface area contributed by atoms with Gasteiger partial charge in [0.15, 0.2) is 0 Å². The normalized spacial score (nSPS) is 15.2. The van der Waals surface area contributed by atoms with E-state index in [1.165, 1.54) is 4.88 Å². The second kappa shape index (κ2) is 7.59. The molecule has 6 nitrogen and oxygen atoms in total. The van der Waals surface area contributed by atoms with Crippen molar-refractivity contribution in [1.29, 1.82) is 0 Å². The summed E-state index contributed by atoms with van der Waals surface area (Å²) in [4.78, 5) is 17.7.